The van der Waals surface area contributed by atoms with Crippen molar-refractivity contribution in [3.63, 3.8) is 0 Å². The number of anilines is 1. The Bertz CT molecular complexity index is 385. The van der Waals surface area contributed by atoms with Gasteiger partial charge in [-0.1, -0.05) is 32.0 Å². The Balaban J connectivity index is 2.25. The zero-order valence-corrected chi connectivity index (χ0v) is 11.1. The molecule has 1 amide bonds. The number of rotatable bonds is 4. The third-order valence-corrected chi connectivity index (χ3v) is 3.58. The quantitative estimate of drug-likeness (QED) is 0.818. The fourth-order valence-electron chi connectivity index (χ4n) is 2.24. The summed E-state index contributed by atoms with van der Waals surface area (Å²) < 4.78 is 5.43. The molecule has 98 valence electrons. The minimum Gasteiger partial charge on any atom is -0.379 e. The van der Waals surface area contributed by atoms with Crippen molar-refractivity contribution in [2.45, 2.75) is 32.7 Å². The number of ether oxygens (including phenoxy) is 1. The van der Waals surface area contributed by atoms with Crippen LogP contribution in [-0.4, -0.2) is 25.2 Å². The van der Waals surface area contributed by atoms with Gasteiger partial charge in [0.25, 0.3) is 0 Å². The maximum Gasteiger partial charge on any atom is 0.230 e. The van der Waals surface area contributed by atoms with Gasteiger partial charge in [-0.2, -0.15) is 0 Å². The van der Waals surface area contributed by atoms with Crippen LogP contribution in [0.3, 0.4) is 0 Å². The van der Waals surface area contributed by atoms with Gasteiger partial charge in [0.1, 0.15) is 0 Å². The number of nitrogens with zero attached hydrogens (tertiary/aromatic N) is 1. The molecule has 0 N–H and O–H groups in total. The molecule has 2 atom stereocenters. The van der Waals surface area contributed by atoms with E-state index >= 15 is 0 Å². The Labute approximate surface area is 109 Å². The summed E-state index contributed by atoms with van der Waals surface area (Å²) in [7, 11) is 0. The molecular weight excluding hydrogens is 226 g/mol. The zero-order chi connectivity index (χ0) is 13.0. The lowest BCUT2D eigenvalue weighted by Gasteiger charge is -2.30. The average Bonchev–Trinajstić information content (AvgIpc) is 2.93. The number of carbonyl (C=O) groups is 1. The molecule has 0 radical (unpaired) electrons. The second kappa shape index (κ2) is 6.01. The Morgan fingerprint density at radius 2 is 2.17 bits per heavy atom. The number of carbonyl (C=O) groups excluding carboxylic acids is 1. The van der Waals surface area contributed by atoms with E-state index in [1.54, 1.807) is 0 Å². The van der Waals surface area contributed by atoms with Crippen LogP contribution in [0.5, 0.6) is 0 Å². The molecule has 1 fully saturated rings. The summed E-state index contributed by atoms with van der Waals surface area (Å²) in [5.41, 5.74) is 0.985. The van der Waals surface area contributed by atoms with Gasteiger partial charge in [0.15, 0.2) is 0 Å². The minimum absolute atomic E-state index is 0.0609. The molecule has 1 heterocycles. The number of benzene rings is 1. The Hall–Kier alpha value is -1.35. The van der Waals surface area contributed by atoms with E-state index in [9.17, 15) is 4.79 Å². The predicted octanol–water partition coefficient (Wildman–Crippen LogP) is 2.85. The summed E-state index contributed by atoms with van der Waals surface area (Å²) in [5.74, 6) is 0.269. The second-order valence-corrected chi connectivity index (χ2v) is 4.87. The SMILES string of the molecule is CC[C@@H](C)C(=O)N(c1ccccc1)[C@H]1CCOC1. The van der Waals surface area contributed by atoms with Crippen LogP contribution in [-0.2, 0) is 9.53 Å². The standard InChI is InChI=1S/C15H21NO2/c1-3-12(2)15(17)16(14-9-10-18-11-14)13-7-5-4-6-8-13/h4-8,12,14H,3,9-11H2,1-2H3/t12-,14+/m1/s1. The van der Waals surface area contributed by atoms with Gasteiger partial charge in [0, 0.05) is 18.2 Å². The van der Waals surface area contributed by atoms with Crippen LogP contribution in [0.2, 0.25) is 0 Å². The smallest absolute Gasteiger partial charge is 0.230 e. The van der Waals surface area contributed by atoms with E-state index in [0.717, 1.165) is 25.1 Å². The molecule has 0 saturated carbocycles. The van der Waals surface area contributed by atoms with E-state index in [1.807, 2.05) is 42.2 Å². The summed E-state index contributed by atoms with van der Waals surface area (Å²) in [6.45, 7) is 5.45. The van der Waals surface area contributed by atoms with Gasteiger partial charge in [0.05, 0.1) is 12.6 Å². The first-order valence-corrected chi connectivity index (χ1v) is 6.70. The van der Waals surface area contributed by atoms with Crippen LogP contribution in [0.25, 0.3) is 0 Å². The van der Waals surface area contributed by atoms with Crippen molar-refractivity contribution in [1.29, 1.82) is 0 Å². The van der Waals surface area contributed by atoms with Crippen molar-refractivity contribution in [2.75, 3.05) is 18.1 Å². The van der Waals surface area contributed by atoms with Crippen molar-refractivity contribution in [3.05, 3.63) is 30.3 Å². The highest BCUT2D eigenvalue weighted by molar-refractivity contribution is 5.95. The third kappa shape index (κ3) is 2.72. The number of para-hydroxylation sites is 1. The van der Waals surface area contributed by atoms with E-state index in [1.165, 1.54) is 0 Å². The summed E-state index contributed by atoms with van der Waals surface area (Å²) in [6, 6.07) is 10.1. The largest absolute Gasteiger partial charge is 0.379 e. The monoisotopic (exact) mass is 247 g/mol. The summed E-state index contributed by atoms with van der Waals surface area (Å²) in [6.07, 6.45) is 1.80. The van der Waals surface area contributed by atoms with Crippen LogP contribution in [0.15, 0.2) is 30.3 Å². The zero-order valence-electron chi connectivity index (χ0n) is 11.1. The van der Waals surface area contributed by atoms with E-state index in [0.29, 0.717) is 6.61 Å². The van der Waals surface area contributed by atoms with Gasteiger partial charge in [-0.15, -0.1) is 0 Å². The molecule has 3 nitrogen and oxygen atoms in total. The van der Waals surface area contributed by atoms with E-state index in [2.05, 4.69) is 6.92 Å². The lowest BCUT2D eigenvalue weighted by Crippen LogP contribution is -2.43. The highest BCUT2D eigenvalue weighted by Gasteiger charge is 2.30. The predicted molar refractivity (Wildman–Crippen MR) is 72.6 cm³/mol. The molecule has 1 aromatic rings. The Morgan fingerprint density at radius 3 is 2.72 bits per heavy atom. The number of hydrogen-bond acceptors (Lipinski definition) is 2. The Morgan fingerprint density at radius 1 is 1.44 bits per heavy atom. The topological polar surface area (TPSA) is 29.5 Å². The van der Waals surface area contributed by atoms with Crippen molar-refractivity contribution in [2.24, 2.45) is 5.92 Å². The highest BCUT2D eigenvalue weighted by Crippen LogP contribution is 2.24. The van der Waals surface area contributed by atoms with E-state index in [4.69, 9.17) is 4.74 Å². The van der Waals surface area contributed by atoms with Gasteiger partial charge >= 0.3 is 0 Å². The highest BCUT2D eigenvalue weighted by atomic mass is 16.5. The van der Waals surface area contributed by atoms with E-state index < -0.39 is 0 Å². The molecule has 2 rings (SSSR count). The first kappa shape index (κ1) is 13.1. The normalized spacial score (nSPS) is 20.7. The van der Waals surface area contributed by atoms with Gasteiger partial charge in [-0.25, -0.2) is 0 Å². The second-order valence-electron chi connectivity index (χ2n) is 4.87. The minimum atomic E-state index is 0.0609. The average molecular weight is 247 g/mol. The molecular formula is C15H21NO2. The molecule has 18 heavy (non-hydrogen) atoms. The molecule has 0 bridgehead atoms. The van der Waals surface area contributed by atoms with Crippen molar-refractivity contribution in [3.8, 4) is 0 Å². The lowest BCUT2D eigenvalue weighted by molar-refractivity contribution is -0.122. The Kier molecular flexibility index (Phi) is 4.37. The summed E-state index contributed by atoms with van der Waals surface area (Å²) in [5, 5.41) is 0. The molecule has 3 heteroatoms. The number of hydrogen-bond donors (Lipinski definition) is 0. The molecule has 0 spiro atoms. The molecule has 1 saturated heterocycles. The molecule has 1 aliphatic heterocycles. The van der Waals surface area contributed by atoms with Crippen LogP contribution < -0.4 is 4.90 Å². The lowest BCUT2D eigenvalue weighted by atomic mass is 10.0. The van der Waals surface area contributed by atoms with Gasteiger partial charge in [-0.3, -0.25) is 4.79 Å². The van der Waals surface area contributed by atoms with E-state index in [-0.39, 0.29) is 17.9 Å². The molecule has 0 aliphatic carbocycles. The fraction of sp³-hybridized carbons (Fsp3) is 0.533. The maximum absolute atomic E-state index is 12.5. The first-order chi connectivity index (χ1) is 8.74. The molecule has 0 aromatic heterocycles. The maximum atomic E-state index is 12.5. The van der Waals surface area contributed by atoms with Gasteiger partial charge < -0.3 is 9.64 Å². The summed E-state index contributed by atoms with van der Waals surface area (Å²) >= 11 is 0. The summed E-state index contributed by atoms with van der Waals surface area (Å²) in [4.78, 5) is 14.5. The van der Waals surface area contributed by atoms with Crippen LogP contribution >= 0.6 is 0 Å². The molecule has 0 unspecified atom stereocenters. The third-order valence-electron chi connectivity index (χ3n) is 3.58. The first-order valence-electron chi connectivity index (χ1n) is 6.70. The van der Waals surface area contributed by atoms with Crippen molar-refractivity contribution < 1.29 is 9.53 Å². The fourth-order valence-corrected chi connectivity index (χ4v) is 2.24. The van der Waals surface area contributed by atoms with Crippen LogP contribution in [0.1, 0.15) is 26.7 Å². The van der Waals surface area contributed by atoms with Crippen LogP contribution in [0.4, 0.5) is 5.69 Å². The van der Waals surface area contributed by atoms with Crippen molar-refractivity contribution >= 4 is 11.6 Å². The molecule has 1 aliphatic rings. The molecule has 1 aromatic carbocycles. The van der Waals surface area contributed by atoms with Crippen LogP contribution in [0, 0.1) is 5.92 Å². The van der Waals surface area contributed by atoms with Gasteiger partial charge in [-0.05, 0) is 25.0 Å². The number of amides is 1. The van der Waals surface area contributed by atoms with Crippen molar-refractivity contribution in [1.82, 2.24) is 0 Å². The van der Waals surface area contributed by atoms with Gasteiger partial charge in [0.2, 0.25) is 5.91 Å².